The third-order valence-corrected chi connectivity index (χ3v) is 7.03. The van der Waals surface area contributed by atoms with Gasteiger partial charge in [0.05, 0.1) is 12.8 Å². The zero-order valence-electron chi connectivity index (χ0n) is 17.1. The normalized spacial score (nSPS) is 32.6. The van der Waals surface area contributed by atoms with Gasteiger partial charge in [-0.05, 0) is 80.8 Å². The van der Waals surface area contributed by atoms with Crippen molar-refractivity contribution in [2.75, 3.05) is 24.3 Å². The van der Waals surface area contributed by atoms with Crippen LogP contribution in [-0.2, 0) is 11.2 Å². The van der Waals surface area contributed by atoms with E-state index < -0.39 is 0 Å². The second kappa shape index (κ2) is 7.37. The smallest absolute Gasteiger partial charge is 0.230 e. The number of carbonyl (C=O) groups excluding carboxylic acids is 1. The first-order chi connectivity index (χ1) is 13.0. The highest BCUT2D eigenvalue weighted by atomic mass is 16.5. The number of nitrogens with one attached hydrogen (secondary N) is 2. The first-order valence-electron chi connectivity index (χ1n) is 10.7. The number of anilines is 2. The lowest BCUT2D eigenvalue weighted by Crippen LogP contribution is -2.43. The summed E-state index contributed by atoms with van der Waals surface area (Å²) in [4.78, 5) is 13.3. The Bertz CT molecular complexity index is 697. The average molecular weight is 371 g/mol. The van der Waals surface area contributed by atoms with Crippen molar-refractivity contribution in [1.29, 1.82) is 0 Å². The molecule has 1 amide bonds. The van der Waals surface area contributed by atoms with Gasteiger partial charge in [0.25, 0.3) is 0 Å². The highest BCUT2D eigenvalue weighted by Crippen LogP contribution is 2.50. The molecule has 1 aromatic rings. The van der Waals surface area contributed by atoms with Gasteiger partial charge in [-0.25, -0.2) is 0 Å². The number of ether oxygens (including phenoxy) is 1. The topological polar surface area (TPSA) is 50.4 Å². The minimum absolute atomic E-state index is 0.173. The molecule has 1 heterocycles. The highest BCUT2D eigenvalue weighted by molar-refractivity contribution is 5.97. The molecule has 4 atom stereocenters. The molecule has 1 aliphatic heterocycles. The SMILES string of the molecule is COc1cc2c(cc1NC(=O)C1(C)C[C@@H]3C[C@H](C)C[C@@H](C3)C1)CCCCN2. The van der Waals surface area contributed by atoms with Crippen LogP contribution >= 0.6 is 0 Å². The Labute approximate surface area is 163 Å². The number of hydrogen-bond acceptors (Lipinski definition) is 3. The molecule has 2 aliphatic carbocycles. The number of rotatable bonds is 3. The largest absolute Gasteiger partial charge is 0.494 e. The molecule has 0 aromatic heterocycles. The summed E-state index contributed by atoms with van der Waals surface area (Å²) in [6.45, 7) is 5.55. The van der Waals surface area contributed by atoms with E-state index in [4.69, 9.17) is 4.74 Å². The van der Waals surface area contributed by atoms with Crippen molar-refractivity contribution < 1.29 is 9.53 Å². The zero-order chi connectivity index (χ0) is 19.0. The Morgan fingerprint density at radius 2 is 1.93 bits per heavy atom. The fourth-order valence-electron chi connectivity index (χ4n) is 5.97. The molecule has 1 aromatic carbocycles. The summed E-state index contributed by atoms with van der Waals surface area (Å²) < 4.78 is 5.61. The average Bonchev–Trinajstić information content (AvgIpc) is 2.84. The highest BCUT2D eigenvalue weighted by Gasteiger charge is 2.45. The molecular formula is C23H34N2O2. The maximum absolute atomic E-state index is 13.3. The van der Waals surface area contributed by atoms with E-state index in [0.29, 0.717) is 11.8 Å². The van der Waals surface area contributed by atoms with Gasteiger partial charge >= 0.3 is 0 Å². The fourth-order valence-corrected chi connectivity index (χ4v) is 5.97. The second-order valence-electron chi connectivity index (χ2n) is 9.56. The summed E-state index contributed by atoms with van der Waals surface area (Å²) in [5.41, 5.74) is 3.00. The number of fused-ring (bicyclic) bond motifs is 3. The van der Waals surface area contributed by atoms with Crippen LogP contribution in [0.4, 0.5) is 11.4 Å². The second-order valence-corrected chi connectivity index (χ2v) is 9.56. The molecule has 2 fully saturated rings. The molecule has 1 unspecified atom stereocenters. The number of hydrogen-bond donors (Lipinski definition) is 2. The van der Waals surface area contributed by atoms with Crippen molar-refractivity contribution in [1.82, 2.24) is 0 Å². The van der Waals surface area contributed by atoms with E-state index in [1.54, 1.807) is 7.11 Å². The van der Waals surface area contributed by atoms with Crippen LogP contribution in [0, 0.1) is 23.2 Å². The van der Waals surface area contributed by atoms with Crippen LogP contribution in [0.15, 0.2) is 12.1 Å². The number of aryl methyl sites for hydroxylation is 1. The molecule has 27 heavy (non-hydrogen) atoms. The Morgan fingerprint density at radius 3 is 2.63 bits per heavy atom. The van der Waals surface area contributed by atoms with Gasteiger partial charge in [-0.15, -0.1) is 0 Å². The van der Waals surface area contributed by atoms with E-state index in [1.165, 1.54) is 37.7 Å². The number of carbonyl (C=O) groups is 1. The summed E-state index contributed by atoms with van der Waals surface area (Å²) >= 11 is 0. The molecule has 2 N–H and O–H groups in total. The minimum atomic E-state index is -0.260. The van der Waals surface area contributed by atoms with Crippen LogP contribution < -0.4 is 15.4 Å². The van der Waals surface area contributed by atoms with E-state index in [0.717, 1.165) is 48.8 Å². The predicted molar refractivity (Wildman–Crippen MR) is 110 cm³/mol. The van der Waals surface area contributed by atoms with Crippen LogP contribution in [-0.4, -0.2) is 19.6 Å². The molecule has 4 heteroatoms. The molecule has 2 bridgehead atoms. The fraction of sp³-hybridized carbons (Fsp3) is 0.696. The van der Waals surface area contributed by atoms with E-state index >= 15 is 0 Å². The van der Waals surface area contributed by atoms with Crippen molar-refractivity contribution in [3.05, 3.63) is 17.7 Å². The summed E-state index contributed by atoms with van der Waals surface area (Å²) in [5.74, 6) is 3.16. The van der Waals surface area contributed by atoms with Gasteiger partial charge in [0.15, 0.2) is 0 Å². The Kier molecular flexibility index (Phi) is 5.09. The van der Waals surface area contributed by atoms with Gasteiger partial charge in [0.1, 0.15) is 5.75 Å². The summed E-state index contributed by atoms with van der Waals surface area (Å²) in [7, 11) is 1.68. The maximum atomic E-state index is 13.3. The Morgan fingerprint density at radius 1 is 1.19 bits per heavy atom. The van der Waals surface area contributed by atoms with Gasteiger partial charge < -0.3 is 15.4 Å². The molecule has 3 aliphatic rings. The first kappa shape index (κ1) is 18.6. The zero-order valence-corrected chi connectivity index (χ0v) is 17.1. The molecule has 0 radical (unpaired) electrons. The van der Waals surface area contributed by atoms with E-state index in [-0.39, 0.29) is 11.3 Å². The summed E-state index contributed by atoms with van der Waals surface area (Å²) in [6, 6.07) is 4.18. The molecule has 148 valence electrons. The minimum Gasteiger partial charge on any atom is -0.494 e. The molecule has 4 nitrogen and oxygen atoms in total. The lowest BCUT2D eigenvalue weighted by Gasteiger charge is -2.46. The monoisotopic (exact) mass is 370 g/mol. The molecular weight excluding hydrogens is 336 g/mol. The van der Waals surface area contributed by atoms with Crippen molar-refractivity contribution >= 4 is 17.3 Å². The van der Waals surface area contributed by atoms with Gasteiger partial charge in [0.2, 0.25) is 5.91 Å². The first-order valence-corrected chi connectivity index (χ1v) is 10.7. The van der Waals surface area contributed by atoms with Crippen LogP contribution in [0.2, 0.25) is 0 Å². The third kappa shape index (κ3) is 3.81. The van der Waals surface area contributed by atoms with Crippen molar-refractivity contribution in [2.45, 2.75) is 65.2 Å². The van der Waals surface area contributed by atoms with Crippen LogP contribution in [0.1, 0.15) is 64.4 Å². The van der Waals surface area contributed by atoms with Crippen molar-refractivity contribution in [2.24, 2.45) is 23.2 Å². The van der Waals surface area contributed by atoms with Crippen LogP contribution in [0.25, 0.3) is 0 Å². The molecule has 4 rings (SSSR count). The van der Waals surface area contributed by atoms with Crippen molar-refractivity contribution in [3.63, 3.8) is 0 Å². The number of benzene rings is 1. The quantitative estimate of drug-likeness (QED) is 0.765. The van der Waals surface area contributed by atoms with E-state index in [1.807, 2.05) is 0 Å². The molecule has 0 saturated heterocycles. The van der Waals surface area contributed by atoms with Gasteiger partial charge in [-0.3, -0.25) is 4.79 Å². The number of amides is 1. The Hall–Kier alpha value is -1.71. The summed E-state index contributed by atoms with van der Waals surface area (Å²) in [5, 5.41) is 6.74. The predicted octanol–water partition coefficient (Wildman–Crippen LogP) is 5.23. The lowest BCUT2D eigenvalue weighted by molar-refractivity contribution is -0.129. The van der Waals surface area contributed by atoms with Crippen molar-refractivity contribution in [3.8, 4) is 5.75 Å². The van der Waals surface area contributed by atoms with Gasteiger partial charge in [-0.1, -0.05) is 13.8 Å². The maximum Gasteiger partial charge on any atom is 0.230 e. The van der Waals surface area contributed by atoms with E-state index in [2.05, 4.69) is 36.6 Å². The van der Waals surface area contributed by atoms with E-state index in [9.17, 15) is 4.79 Å². The van der Waals surface area contributed by atoms with Crippen LogP contribution in [0.5, 0.6) is 5.75 Å². The lowest BCUT2D eigenvalue weighted by atomic mass is 9.59. The summed E-state index contributed by atoms with van der Waals surface area (Å²) in [6.07, 6.45) is 9.34. The van der Waals surface area contributed by atoms with Crippen LogP contribution in [0.3, 0.4) is 0 Å². The van der Waals surface area contributed by atoms with Gasteiger partial charge in [-0.2, -0.15) is 0 Å². The standard InChI is InChI=1S/C23H34N2O2/c1-15-8-16-10-17(9-15)14-23(2,13-16)22(26)25-20-11-18-6-4-5-7-24-19(18)12-21(20)27-3/h11-12,15-17,24H,4-10,13-14H2,1-3H3,(H,25,26)/t15-,16+,17-,23?. The molecule has 2 saturated carbocycles. The third-order valence-electron chi connectivity index (χ3n) is 7.03. The molecule has 0 spiro atoms. The number of methoxy groups -OCH3 is 1. The van der Waals surface area contributed by atoms with Gasteiger partial charge in [0, 0.05) is 23.7 Å². The Balaban J connectivity index is 1.55.